The van der Waals surface area contributed by atoms with Gasteiger partial charge in [-0.15, -0.1) is 0 Å². The topological polar surface area (TPSA) is 58.3 Å². The molecule has 186 valence electrons. The van der Waals surface area contributed by atoms with Crippen LogP contribution >= 0.6 is 11.8 Å². The summed E-state index contributed by atoms with van der Waals surface area (Å²) in [5, 5.41) is 0.626. The van der Waals surface area contributed by atoms with Crippen molar-refractivity contribution >= 4 is 40.3 Å². The molecular weight excluding hydrogens is 470 g/mol. The van der Waals surface area contributed by atoms with Crippen molar-refractivity contribution in [1.29, 1.82) is 0 Å². The molecule has 3 heterocycles. The number of carbonyl (C=O) groups excluding carboxylic acids is 1. The lowest BCUT2D eigenvalue weighted by molar-refractivity contribution is -0.122. The van der Waals surface area contributed by atoms with Gasteiger partial charge in [0.15, 0.2) is 5.17 Å². The number of amides is 1. The molecule has 5 rings (SSSR count). The van der Waals surface area contributed by atoms with E-state index in [1.54, 1.807) is 18.3 Å². The Morgan fingerprint density at radius 2 is 1.97 bits per heavy atom. The highest BCUT2D eigenvalue weighted by Crippen LogP contribution is 2.46. The Kier molecular flexibility index (Phi) is 6.43. The summed E-state index contributed by atoms with van der Waals surface area (Å²) < 4.78 is 11.3. The van der Waals surface area contributed by atoms with Crippen molar-refractivity contribution in [2.45, 2.75) is 45.2 Å². The number of ether oxygens (including phenoxy) is 1. The smallest absolute Gasteiger partial charge is 0.267 e. The highest BCUT2D eigenvalue weighted by Gasteiger charge is 2.36. The van der Waals surface area contributed by atoms with Crippen molar-refractivity contribution in [3.8, 4) is 5.75 Å². The summed E-state index contributed by atoms with van der Waals surface area (Å²) in [7, 11) is 3.81. The lowest BCUT2D eigenvalue weighted by Crippen LogP contribution is -2.45. The maximum atomic E-state index is 13.6. The number of furan rings is 1. The molecule has 0 radical (unpaired) electrons. The summed E-state index contributed by atoms with van der Waals surface area (Å²) in [4.78, 5) is 23.0. The van der Waals surface area contributed by atoms with Gasteiger partial charge in [0.05, 0.1) is 30.5 Å². The fraction of sp³-hybridized carbons (Fsp3) is 0.310. The number of fused-ring (bicyclic) bond motifs is 1. The minimum atomic E-state index is -0.0999. The van der Waals surface area contributed by atoms with Gasteiger partial charge in [0, 0.05) is 29.9 Å². The molecule has 0 aliphatic carbocycles. The Balaban J connectivity index is 1.55. The van der Waals surface area contributed by atoms with Gasteiger partial charge < -0.3 is 14.1 Å². The molecule has 1 aromatic heterocycles. The molecule has 0 saturated carbocycles. The van der Waals surface area contributed by atoms with E-state index in [-0.39, 0.29) is 11.4 Å². The number of anilines is 1. The van der Waals surface area contributed by atoms with Gasteiger partial charge in [-0.3, -0.25) is 9.69 Å². The predicted molar refractivity (Wildman–Crippen MR) is 147 cm³/mol. The van der Waals surface area contributed by atoms with Crippen molar-refractivity contribution in [3.05, 3.63) is 82.7 Å². The van der Waals surface area contributed by atoms with E-state index in [1.807, 2.05) is 48.5 Å². The molecule has 0 bridgehead atoms. The van der Waals surface area contributed by atoms with Gasteiger partial charge in [-0.2, -0.15) is 0 Å². The summed E-state index contributed by atoms with van der Waals surface area (Å²) in [5.74, 6) is 1.75. The second-order valence-corrected chi connectivity index (χ2v) is 10.9. The Morgan fingerprint density at radius 1 is 1.19 bits per heavy atom. The van der Waals surface area contributed by atoms with E-state index in [1.165, 1.54) is 23.0 Å². The lowest BCUT2D eigenvalue weighted by Gasteiger charge is -2.45. The van der Waals surface area contributed by atoms with Crippen molar-refractivity contribution in [2.24, 2.45) is 4.99 Å². The van der Waals surface area contributed by atoms with Gasteiger partial charge in [-0.25, -0.2) is 4.99 Å². The van der Waals surface area contributed by atoms with Crippen LogP contribution in [0.5, 0.6) is 5.75 Å². The van der Waals surface area contributed by atoms with Crippen LogP contribution in [0.15, 0.2) is 75.2 Å². The molecule has 7 heteroatoms. The standard InChI is InChI=1S/C29H31N3O3S/c1-19-17-29(2,3)31(4)24-16-25(34-5)20(14-23(19)24)15-26-27(33)32(18-22-12-9-13-35-22)28(36-26)30-21-10-7-6-8-11-21/h6-16,19H,17-18H2,1-5H3/b26-15+,30-28?. The largest absolute Gasteiger partial charge is 0.496 e. The van der Waals surface area contributed by atoms with Crippen molar-refractivity contribution < 1.29 is 13.9 Å². The van der Waals surface area contributed by atoms with E-state index in [0.29, 0.717) is 28.3 Å². The molecule has 6 nitrogen and oxygen atoms in total. The predicted octanol–water partition coefficient (Wildman–Crippen LogP) is 6.81. The Morgan fingerprint density at radius 3 is 2.67 bits per heavy atom. The summed E-state index contributed by atoms with van der Waals surface area (Å²) in [6.07, 6.45) is 4.60. The molecule has 1 saturated heterocycles. The SMILES string of the molecule is COc1cc2c(cc1/C=C1/SC(=Nc3ccccc3)N(Cc3ccco3)C1=O)C(C)CC(C)(C)N2C. The van der Waals surface area contributed by atoms with E-state index in [0.717, 1.165) is 23.4 Å². The number of methoxy groups -OCH3 is 1. The maximum absolute atomic E-state index is 13.6. The van der Waals surface area contributed by atoms with Gasteiger partial charge in [0.1, 0.15) is 11.5 Å². The van der Waals surface area contributed by atoms with Crippen LogP contribution in [-0.2, 0) is 11.3 Å². The molecule has 1 atom stereocenters. The lowest BCUT2D eigenvalue weighted by atomic mass is 9.80. The van der Waals surface area contributed by atoms with Gasteiger partial charge >= 0.3 is 0 Å². The number of hydrogen-bond acceptors (Lipinski definition) is 6. The van der Waals surface area contributed by atoms with Crippen LogP contribution in [0.4, 0.5) is 11.4 Å². The molecule has 1 unspecified atom stereocenters. The Labute approximate surface area is 216 Å². The molecule has 2 aliphatic rings. The average molecular weight is 502 g/mol. The minimum absolute atomic E-state index is 0.0594. The quantitative estimate of drug-likeness (QED) is 0.359. The average Bonchev–Trinajstić information content (AvgIpc) is 3.47. The number of nitrogens with zero attached hydrogens (tertiary/aromatic N) is 3. The molecule has 2 aliphatic heterocycles. The zero-order valence-corrected chi connectivity index (χ0v) is 22.1. The van der Waals surface area contributed by atoms with Crippen LogP contribution in [-0.4, -0.2) is 35.7 Å². The molecule has 2 aromatic carbocycles. The van der Waals surface area contributed by atoms with Gasteiger partial charge in [0.2, 0.25) is 0 Å². The van der Waals surface area contributed by atoms with E-state index in [2.05, 4.69) is 44.9 Å². The summed E-state index contributed by atoms with van der Waals surface area (Å²) >= 11 is 1.38. The van der Waals surface area contributed by atoms with Gasteiger partial charge in [-0.05, 0) is 79.9 Å². The first-order valence-electron chi connectivity index (χ1n) is 12.1. The summed E-state index contributed by atoms with van der Waals surface area (Å²) in [6, 6.07) is 17.6. The van der Waals surface area contributed by atoms with Gasteiger partial charge in [-0.1, -0.05) is 25.1 Å². The van der Waals surface area contributed by atoms with E-state index in [4.69, 9.17) is 14.1 Å². The van der Waals surface area contributed by atoms with Crippen molar-refractivity contribution in [1.82, 2.24) is 4.90 Å². The maximum Gasteiger partial charge on any atom is 0.267 e. The third-order valence-electron chi connectivity index (χ3n) is 7.03. The highest BCUT2D eigenvalue weighted by molar-refractivity contribution is 8.18. The molecule has 3 aromatic rings. The van der Waals surface area contributed by atoms with Crippen molar-refractivity contribution in [3.63, 3.8) is 0 Å². The van der Waals surface area contributed by atoms with E-state index in [9.17, 15) is 4.79 Å². The first-order valence-corrected chi connectivity index (χ1v) is 12.9. The number of rotatable bonds is 5. The molecule has 1 fully saturated rings. The number of aliphatic imine (C=N–C) groups is 1. The summed E-state index contributed by atoms with van der Waals surface area (Å²) in [6.45, 7) is 7.12. The number of hydrogen-bond donors (Lipinski definition) is 0. The first kappa shape index (κ1) is 24.3. The molecule has 36 heavy (non-hydrogen) atoms. The number of thioether (sulfide) groups is 1. The van der Waals surface area contributed by atoms with Gasteiger partial charge in [0.25, 0.3) is 5.91 Å². The third-order valence-corrected chi connectivity index (χ3v) is 8.04. The first-order chi connectivity index (χ1) is 17.3. The fourth-order valence-electron chi connectivity index (χ4n) is 4.94. The molecule has 1 amide bonds. The second kappa shape index (κ2) is 9.54. The minimum Gasteiger partial charge on any atom is -0.496 e. The van der Waals surface area contributed by atoms with Crippen LogP contribution in [0, 0.1) is 0 Å². The molecule has 0 spiro atoms. The Hall–Kier alpha value is -3.45. The number of amidine groups is 1. The Bertz CT molecular complexity index is 1330. The number of benzene rings is 2. The van der Waals surface area contributed by atoms with Crippen LogP contribution in [0.2, 0.25) is 0 Å². The van der Waals surface area contributed by atoms with E-state index < -0.39 is 0 Å². The van der Waals surface area contributed by atoms with Crippen LogP contribution in [0.25, 0.3) is 6.08 Å². The van der Waals surface area contributed by atoms with Crippen LogP contribution in [0.3, 0.4) is 0 Å². The number of carbonyl (C=O) groups is 1. The fourth-order valence-corrected chi connectivity index (χ4v) is 5.93. The number of para-hydroxylation sites is 1. The molecule has 0 N–H and O–H groups in total. The van der Waals surface area contributed by atoms with Crippen LogP contribution < -0.4 is 9.64 Å². The highest BCUT2D eigenvalue weighted by atomic mass is 32.2. The van der Waals surface area contributed by atoms with E-state index >= 15 is 0 Å². The zero-order valence-electron chi connectivity index (χ0n) is 21.3. The third kappa shape index (κ3) is 4.55. The molecular formula is C29H31N3O3S. The normalized spacial score (nSPS) is 21.4. The summed E-state index contributed by atoms with van der Waals surface area (Å²) in [5.41, 5.74) is 4.19. The van der Waals surface area contributed by atoms with Crippen LogP contribution in [0.1, 0.15) is 50.0 Å². The monoisotopic (exact) mass is 501 g/mol. The zero-order chi connectivity index (χ0) is 25.4. The van der Waals surface area contributed by atoms with Crippen molar-refractivity contribution in [2.75, 3.05) is 19.1 Å². The second-order valence-electron chi connectivity index (χ2n) is 9.94.